The maximum absolute atomic E-state index is 12.3. The van der Waals surface area contributed by atoms with Gasteiger partial charge in [0.15, 0.2) is 5.13 Å². The Kier molecular flexibility index (Phi) is 4.63. The van der Waals surface area contributed by atoms with Gasteiger partial charge in [0.1, 0.15) is 11.4 Å². The first-order chi connectivity index (χ1) is 12.8. The van der Waals surface area contributed by atoms with Crippen LogP contribution in [0.15, 0.2) is 12.1 Å². The van der Waals surface area contributed by atoms with Gasteiger partial charge in [-0.25, -0.2) is 9.78 Å². The molecule has 2 atom stereocenters. The Morgan fingerprint density at radius 1 is 1.44 bits per heavy atom. The molecular formula is C19H26N4O3S. The van der Waals surface area contributed by atoms with Crippen LogP contribution in [-0.2, 0) is 11.2 Å². The van der Waals surface area contributed by atoms with Crippen LogP contribution in [0.4, 0.5) is 9.93 Å². The fourth-order valence-electron chi connectivity index (χ4n) is 3.54. The number of fused-ring (bicyclic) bond motifs is 3. The van der Waals surface area contributed by atoms with Gasteiger partial charge in [-0.3, -0.25) is 0 Å². The molecule has 0 radical (unpaired) electrons. The van der Waals surface area contributed by atoms with Gasteiger partial charge in [0.2, 0.25) is 0 Å². The van der Waals surface area contributed by atoms with E-state index < -0.39 is 5.60 Å². The average Bonchev–Trinajstić information content (AvgIpc) is 3.20. The molecule has 0 unspecified atom stereocenters. The van der Waals surface area contributed by atoms with Crippen molar-refractivity contribution in [2.45, 2.75) is 51.3 Å². The van der Waals surface area contributed by atoms with Gasteiger partial charge in [-0.05, 0) is 39.3 Å². The molecule has 3 N–H and O–H groups in total. The molecule has 27 heavy (non-hydrogen) atoms. The van der Waals surface area contributed by atoms with Gasteiger partial charge in [0, 0.05) is 37.2 Å². The van der Waals surface area contributed by atoms with Crippen molar-refractivity contribution >= 4 is 32.8 Å². The van der Waals surface area contributed by atoms with E-state index in [9.17, 15) is 4.79 Å². The Morgan fingerprint density at radius 2 is 2.26 bits per heavy atom. The second-order valence-electron chi connectivity index (χ2n) is 8.14. The highest BCUT2D eigenvalue weighted by atomic mass is 32.1. The number of nitrogens with two attached hydrogens (primary N) is 1. The molecule has 0 bridgehead atoms. The van der Waals surface area contributed by atoms with Crippen molar-refractivity contribution in [2.24, 2.45) is 5.73 Å². The van der Waals surface area contributed by atoms with Crippen LogP contribution in [0.1, 0.15) is 32.8 Å². The molecule has 8 heteroatoms. The number of hydrogen-bond acceptors (Lipinski definition) is 7. The fourth-order valence-corrected chi connectivity index (χ4v) is 4.50. The molecule has 2 aromatic rings. The molecule has 2 aliphatic heterocycles. The number of nitrogens with one attached hydrogen (secondary N) is 1. The molecule has 2 aliphatic rings. The van der Waals surface area contributed by atoms with E-state index in [2.05, 4.69) is 11.4 Å². The van der Waals surface area contributed by atoms with E-state index in [0.29, 0.717) is 13.1 Å². The number of piperidine rings is 1. The Morgan fingerprint density at radius 3 is 3.00 bits per heavy atom. The highest BCUT2D eigenvalue weighted by Gasteiger charge is 2.32. The first kappa shape index (κ1) is 18.3. The van der Waals surface area contributed by atoms with Crippen LogP contribution in [0, 0.1) is 0 Å². The van der Waals surface area contributed by atoms with Crippen LogP contribution >= 0.6 is 11.3 Å². The molecule has 1 saturated heterocycles. The number of thiazole rings is 1. The van der Waals surface area contributed by atoms with E-state index in [1.165, 1.54) is 5.56 Å². The second kappa shape index (κ2) is 6.83. The van der Waals surface area contributed by atoms with Crippen molar-refractivity contribution in [3.8, 4) is 5.75 Å². The lowest BCUT2D eigenvalue weighted by molar-refractivity contribution is 0.0193. The van der Waals surface area contributed by atoms with Crippen molar-refractivity contribution in [1.82, 2.24) is 9.88 Å². The van der Waals surface area contributed by atoms with E-state index >= 15 is 0 Å². The highest BCUT2D eigenvalue weighted by molar-refractivity contribution is 7.22. The fraction of sp³-hybridized carbons (Fsp3) is 0.579. The largest absolute Gasteiger partial charge is 0.493 e. The topological polar surface area (TPSA) is 89.7 Å². The minimum atomic E-state index is -0.499. The molecule has 146 valence electrons. The van der Waals surface area contributed by atoms with Gasteiger partial charge >= 0.3 is 6.09 Å². The summed E-state index contributed by atoms with van der Waals surface area (Å²) in [7, 11) is 0. The smallest absolute Gasteiger partial charge is 0.410 e. The monoisotopic (exact) mass is 390 g/mol. The summed E-state index contributed by atoms with van der Waals surface area (Å²) in [5.74, 6) is 0.946. The Bertz CT molecular complexity index is 860. The number of hydrogen-bond donors (Lipinski definition) is 2. The summed E-state index contributed by atoms with van der Waals surface area (Å²) >= 11 is 1.64. The van der Waals surface area contributed by atoms with Gasteiger partial charge < -0.3 is 25.4 Å². The third-order valence-electron chi connectivity index (χ3n) is 4.85. The predicted octanol–water partition coefficient (Wildman–Crippen LogP) is 2.98. The molecule has 7 nitrogen and oxygen atoms in total. The van der Waals surface area contributed by atoms with Gasteiger partial charge in [0.25, 0.3) is 0 Å². The lowest BCUT2D eigenvalue weighted by Gasteiger charge is -2.37. The molecule has 1 aromatic carbocycles. The molecule has 1 aromatic heterocycles. The highest BCUT2D eigenvalue weighted by Crippen LogP contribution is 2.36. The summed E-state index contributed by atoms with van der Waals surface area (Å²) in [5.41, 5.74) is 8.07. The third-order valence-corrected chi connectivity index (χ3v) is 5.80. The van der Waals surface area contributed by atoms with Crippen LogP contribution in [0.2, 0.25) is 0 Å². The van der Waals surface area contributed by atoms with E-state index in [1.54, 1.807) is 16.2 Å². The van der Waals surface area contributed by atoms with Gasteiger partial charge in [-0.1, -0.05) is 11.3 Å². The number of aromatic nitrogens is 1. The Labute approximate surface area is 162 Å². The summed E-state index contributed by atoms with van der Waals surface area (Å²) in [6.45, 7) is 7.42. The Balaban J connectivity index is 1.42. The number of likely N-dealkylation sites (tertiary alicyclic amines) is 1. The third kappa shape index (κ3) is 3.82. The molecule has 1 fully saturated rings. The van der Waals surface area contributed by atoms with Crippen LogP contribution in [0.3, 0.4) is 0 Å². The maximum atomic E-state index is 12.3. The normalized spacial score (nSPS) is 22.4. The molecule has 1 amide bonds. The number of nitrogens with zero attached hydrogens (tertiary/aromatic N) is 2. The quantitative estimate of drug-likeness (QED) is 0.819. The summed E-state index contributed by atoms with van der Waals surface area (Å²) in [6.07, 6.45) is 1.37. The first-order valence-electron chi connectivity index (χ1n) is 9.35. The molecular weight excluding hydrogens is 364 g/mol. The van der Waals surface area contributed by atoms with Gasteiger partial charge in [-0.15, -0.1) is 0 Å². The average molecular weight is 391 g/mol. The second-order valence-corrected chi connectivity index (χ2v) is 9.17. The SMILES string of the molecule is CC(C)(C)OC(=O)N1CC[C@@H](Nc2nc3c4c(ccc3s2)OCC4)[C@@H](N)C1. The van der Waals surface area contributed by atoms with Crippen LogP contribution in [0.5, 0.6) is 5.75 Å². The number of carbonyl (C=O) groups is 1. The van der Waals surface area contributed by atoms with Crippen molar-refractivity contribution in [1.29, 1.82) is 0 Å². The van der Waals surface area contributed by atoms with E-state index in [1.807, 2.05) is 26.8 Å². The summed E-state index contributed by atoms with van der Waals surface area (Å²) in [4.78, 5) is 18.7. The van der Waals surface area contributed by atoms with Crippen molar-refractivity contribution < 1.29 is 14.3 Å². The minimum Gasteiger partial charge on any atom is -0.493 e. The van der Waals surface area contributed by atoms with Gasteiger partial charge in [-0.2, -0.15) is 0 Å². The maximum Gasteiger partial charge on any atom is 0.410 e. The van der Waals surface area contributed by atoms with E-state index in [0.717, 1.165) is 40.5 Å². The van der Waals surface area contributed by atoms with Crippen molar-refractivity contribution in [2.75, 3.05) is 25.0 Å². The number of rotatable bonds is 2. The zero-order chi connectivity index (χ0) is 19.2. The van der Waals surface area contributed by atoms with Crippen molar-refractivity contribution in [3.63, 3.8) is 0 Å². The standard InChI is InChI=1S/C19H26N4O3S/c1-19(2,3)26-18(24)23-8-6-13(12(20)10-23)21-17-22-16-11-7-9-25-14(11)4-5-15(16)27-17/h4-5,12-13H,6-10,20H2,1-3H3,(H,21,22)/t12-,13+/m0/s1. The number of carbonyl (C=O) groups excluding carboxylic acids is 1. The van der Waals surface area contributed by atoms with E-state index in [-0.39, 0.29) is 18.2 Å². The number of amides is 1. The van der Waals surface area contributed by atoms with E-state index in [4.69, 9.17) is 20.2 Å². The zero-order valence-corrected chi connectivity index (χ0v) is 16.8. The molecule has 0 aliphatic carbocycles. The molecule has 4 rings (SSSR count). The minimum absolute atomic E-state index is 0.0774. The number of ether oxygens (including phenoxy) is 2. The van der Waals surface area contributed by atoms with Crippen LogP contribution in [0.25, 0.3) is 10.2 Å². The Hall–Kier alpha value is -2.06. The lowest BCUT2D eigenvalue weighted by atomic mass is 10.0. The molecule has 0 spiro atoms. The lowest BCUT2D eigenvalue weighted by Crippen LogP contribution is -2.56. The number of anilines is 1. The summed E-state index contributed by atoms with van der Waals surface area (Å²) < 4.78 is 12.2. The van der Waals surface area contributed by atoms with Crippen molar-refractivity contribution in [3.05, 3.63) is 17.7 Å². The summed E-state index contributed by atoms with van der Waals surface area (Å²) in [5, 5.41) is 4.35. The predicted molar refractivity (Wildman–Crippen MR) is 107 cm³/mol. The number of benzene rings is 1. The van der Waals surface area contributed by atoms with Gasteiger partial charge in [0.05, 0.1) is 16.8 Å². The summed E-state index contributed by atoms with van der Waals surface area (Å²) in [6, 6.07) is 3.99. The van der Waals surface area contributed by atoms with Crippen LogP contribution < -0.4 is 15.8 Å². The molecule has 3 heterocycles. The zero-order valence-electron chi connectivity index (χ0n) is 15.9. The van der Waals surface area contributed by atoms with Crippen LogP contribution in [-0.4, -0.2) is 53.4 Å². The first-order valence-corrected chi connectivity index (χ1v) is 10.2. The molecule has 0 saturated carbocycles.